The van der Waals surface area contributed by atoms with Crippen molar-refractivity contribution in [2.75, 3.05) is 51.4 Å². The Bertz CT molecular complexity index is 1490. The third kappa shape index (κ3) is 5.59. The van der Waals surface area contributed by atoms with Gasteiger partial charge in [0.15, 0.2) is 5.82 Å². The molecular weight excluding hydrogens is 504 g/mol. The standard InChI is InChI=1S/C26H30N8O5/c1-3-39-21-8-9-23-18(16-21)17-22(26(35)27-23)24(25-28-29-30-33(25)14-15-38-2)32-12-10-31(11-13-32)19-4-6-20(7-5-19)34(36)37/h4-9,16-17,24H,3,10-15H2,1-2H3,(H,27,35)/t24-/m1/s1. The second-order valence-electron chi connectivity index (χ2n) is 9.19. The van der Waals surface area contributed by atoms with Gasteiger partial charge < -0.3 is 19.4 Å². The molecule has 3 heterocycles. The van der Waals surface area contributed by atoms with Gasteiger partial charge in [0.25, 0.3) is 11.2 Å². The van der Waals surface area contributed by atoms with Gasteiger partial charge >= 0.3 is 0 Å². The topological polar surface area (TPSA) is 145 Å². The highest BCUT2D eigenvalue weighted by Gasteiger charge is 2.33. The Morgan fingerprint density at radius 3 is 2.56 bits per heavy atom. The summed E-state index contributed by atoms with van der Waals surface area (Å²) in [5.74, 6) is 1.28. The number of piperazine rings is 1. The number of anilines is 1. The van der Waals surface area contributed by atoms with E-state index in [1.165, 1.54) is 12.1 Å². The summed E-state index contributed by atoms with van der Waals surface area (Å²) in [7, 11) is 1.61. The Morgan fingerprint density at radius 1 is 1.10 bits per heavy atom. The smallest absolute Gasteiger partial charge is 0.269 e. The fraction of sp³-hybridized carbons (Fsp3) is 0.385. The summed E-state index contributed by atoms with van der Waals surface area (Å²) in [6.45, 7) is 5.89. The monoisotopic (exact) mass is 534 g/mol. The number of pyridine rings is 1. The van der Waals surface area contributed by atoms with Crippen LogP contribution in [-0.2, 0) is 11.3 Å². The molecule has 4 aromatic rings. The lowest BCUT2D eigenvalue weighted by molar-refractivity contribution is -0.384. The summed E-state index contributed by atoms with van der Waals surface area (Å²) >= 11 is 0. The number of hydrogen-bond donors (Lipinski definition) is 1. The number of tetrazole rings is 1. The van der Waals surface area contributed by atoms with Crippen LogP contribution >= 0.6 is 0 Å². The Kier molecular flexibility index (Phi) is 7.79. The number of fused-ring (bicyclic) bond motifs is 1. The molecule has 2 aromatic heterocycles. The molecule has 13 heteroatoms. The van der Waals surface area contributed by atoms with Gasteiger partial charge in [0.05, 0.1) is 24.7 Å². The zero-order chi connectivity index (χ0) is 27.4. The van der Waals surface area contributed by atoms with Crippen LogP contribution in [0.25, 0.3) is 10.9 Å². The largest absolute Gasteiger partial charge is 0.494 e. The van der Waals surface area contributed by atoms with E-state index in [-0.39, 0.29) is 11.2 Å². The van der Waals surface area contributed by atoms with Crippen LogP contribution in [0, 0.1) is 10.1 Å². The maximum atomic E-state index is 13.4. The van der Waals surface area contributed by atoms with E-state index in [0.29, 0.717) is 62.8 Å². The normalized spacial score (nSPS) is 15.0. The minimum Gasteiger partial charge on any atom is -0.494 e. The second-order valence-corrected chi connectivity index (χ2v) is 9.19. The summed E-state index contributed by atoms with van der Waals surface area (Å²) < 4.78 is 12.6. The van der Waals surface area contributed by atoms with Crippen LogP contribution in [0.3, 0.4) is 0 Å². The summed E-state index contributed by atoms with van der Waals surface area (Å²) in [4.78, 5) is 31.4. The van der Waals surface area contributed by atoms with Gasteiger partial charge in [0, 0.05) is 67.6 Å². The lowest BCUT2D eigenvalue weighted by atomic mass is 10.0. The predicted molar refractivity (Wildman–Crippen MR) is 144 cm³/mol. The van der Waals surface area contributed by atoms with Crippen LogP contribution in [0.1, 0.15) is 24.4 Å². The zero-order valence-electron chi connectivity index (χ0n) is 21.8. The molecule has 0 aliphatic carbocycles. The van der Waals surface area contributed by atoms with Crippen molar-refractivity contribution in [3.05, 3.63) is 80.4 Å². The molecule has 13 nitrogen and oxygen atoms in total. The zero-order valence-corrected chi connectivity index (χ0v) is 21.8. The molecule has 0 spiro atoms. The average molecular weight is 535 g/mol. The lowest BCUT2D eigenvalue weighted by Crippen LogP contribution is -2.49. The molecule has 2 aromatic carbocycles. The van der Waals surface area contributed by atoms with Gasteiger partial charge in [-0.15, -0.1) is 5.10 Å². The maximum absolute atomic E-state index is 13.4. The highest BCUT2D eigenvalue weighted by atomic mass is 16.6. The fourth-order valence-electron chi connectivity index (χ4n) is 4.93. The van der Waals surface area contributed by atoms with E-state index in [0.717, 1.165) is 16.8 Å². The predicted octanol–water partition coefficient (Wildman–Crippen LogP) is 2.38. The van der Waals surface area contributed by atoms with Crippen molar-refractivity contribution in [1.29, 1.82) is 0 Å². The summed E-state index contributed by atoms with van der Waals surface area (Å²) in [5, 5.41) is 24.3. The Balaban J connectivity index is 1.48. The highest BCUT2D eigenvalue weighted by Crippen LogP contribution is 2.30. The lowest BCUT2D eigenvalue weighted by Gasteiger charge is -2.39. The van der Waals surface area contributed by atoms with Gasteiger partial charge in [-0.2, -0.15) is 0 Å². The summed E-state index contributed by atoms with van der Waals surface area (Å²) in [5.41, 5.74) is 2.01. The van der Waals surface area contributed by atoms with Crippen molar-refractivity contribution in [3.8, 4) is 5.75 Å². The van der Waals surface area contributed by atoms with Crippen LogP contribution in [0.2, 0.25) is 0 Å². The van der Waals surface area contributed by atoms with Crippen molar-refractivity contribution in [2.24, 2.45) is 0 Å². The van der Waals surface area contributed by atoms with Gasteiger partial charge in [0.1, 0.15) is 11.8 Å². The van der Waals surface area contributed by atoms with E-state index in [4.69, 9.17) is 9.47 Å². The molecule has 0 bridgehead atoms. The van der Waals surface area contributed by atoms with Crippen LogP contribution in [-0.4, -0.2) is 81.5 Å². The molecule has 1 saturated heterocycles. The number of nitrogens with one attached hydrogen (secondary N) is 1. The van der Waals surface area contributed by atoms with E-state index in [1.807, 2.05) is 31.2 Å². The van der Waals surface area contributed by atoms with E-state index >= 15 is 0 Å². The van der Waals surface area contributed by atoms with Crippen LogP contribution < -0.4 is 15.2 Å². The third-order valence-corrected chi connectivity index (χ3v) is 6.87. The number of rotatable bonds is 10. The van der Waals surface area contributed by atoms with E-state index in [2.05, 4.69) is 30.3 Å². The van der Waals surface area contributed by atoms with E-state index in [1.54, 1.807) is 23.9 Å². The number of aromatic amines is 1. The van der Waals surface area contributed by atoms with E-state index < -0.39 is 11.0 Å². The summed E-state index contributed by atoms with van der Waals surface area (Å²) in [6.07, 6.45) is 0. The average Bonchev–Trinajstić information content (AvgIpc) is 3.41. The van der Waals surface area contributed by atoms with Crippen LogP contribution in [0.15, 0.2) is 53.3 Å². The molecule has 0 saturated carbocycles. The van der Waals surface area contributed by atoms with Crippen molar-refractivity contribution in [3.63, 3.8) is 0 Å². The first-order valence-corrected chi connectivity index (χ1v) is 12.8. The molecule has 0 amide bonds. The number of methoxy groups -OCH3 is 1. The number of ether oxygens (including phenoxy) is 2. The molecule has 0 unspecified atom stereocenters. The minimum absolute atomic E-state index is 0.0587. The molecule has 39 heavy (non-hydrogen) atoms. The molecule has 1 aliphatic rings. The molecule has 1 N–H and O–H groups in total. The Labute approximate surface area is 224 Å². The molecule has 5 rings (SSSR count). The van der Waals surface area contributed by atoms with E-state index in [9.17, 15) is 14.9 Å². The number of H-pyrrole nitrogens is 1. The minimum atomic E-state index is -0.500. The fourth-order valence-corrected chi connectivity index (χ4v) is 4.93. The number of non-ortho nitro benzene ring substituents is 1. The first kappa shape index (κ1) is 26.3. The number of aromatic nitrogens is 5. The van der Waals surface area contributed by atoms with Gasteiger partial charge in [-0.3, -0.25) is 19.8 Å². The maximum Gasteiger partial charge on any atom is 0.269 e. The van der Waals surface area contributed by atoms with Crippen LogP contribution in [0.4, 0.5) is 11.4 Å². The molecule has 0 radical (unpaired) electrons. The Morgan fingerprint density at radius 2 is 1.87 bits per heavy atom. The van der Waals surface area contributed by atoms with Crippen molar-refractivity contribution in [1.82, 2.24) is 30.1 Å². The first-order chi connectivity index (χ1) is 19.0. The third-order valence-electron chi connectivity index (χ3n) is 6.87. The quantitative estimate of drug-likeness (QED) is 0.238. The Hall–Kier alpha value is -4.36. The van der Waals surface area contributed by atoms with Crippen LogP contribution in [0.5, 0.6) is 5.75 Å². The summed E-state index contributed by atoms with van der Waals surface area (Å²) in [6, 6.07) is 13.5. The molecule has 1 fully saturated rings. The van der Waals surface area contributed by atoms with Gasteiger partial charge in [-0.05, 0) is 53.7 Å². The SMILES string of the molecule is CCOc1ccc2[nH]c(=O)c([C@H](c3nnnn3CCOC)N3CCN(c4ccc([N+](=O)[O-])cc4)CC3)cc2c1. The molecule has 1 atom stereocenters. The number of nitro groups is 1. The second kappa shape index (κ2) is 11.6. The van der Waals surface area contributed by atoms with Crippen molar-refractivity contribution >= 4 is 22.3 Å². The van der Waals surface area contributed by atoms with Gasteiger partial charge in [0.2, 0.25) is 0 Å². The van der Waals surface area contributed by atoms with Crippen molar-refractivity contribution < 1.29 is 14.4 Å². The number of hydrogen-bond acceptors (Lipinski definition) is 10. The van der Waals surface area contributed by atoms with Gasteiger partial charge in [-0.25, -0.2) is 4.68 Å². The molecular formula is C26H30N8O5. The molecule has 204 valence electrons. The molecule has 1 aliphatic heterocycles. The number of nitrogens with zero attached hydrogens (tertiary/aromatic N) is 7. The first-order valence-electron chi connectivity index (χ1n) is 12.8. The van der Waals surface area contributed by atoms with Crippen molar-refractivity contribution in [2.45, 2.75) is 19.5 Å². The number of benzene rings is 2. The van der Waals surface area contributed by atoms with Gasteiger partial charge in [-0.1, -0.05) is 0 Å². The highest BCUT2D eigenvalue weighted by molar-refractivity contribution is 5.80. The number of nitro benzene ring substituents is 1.